The zero-order valence-corrected chi connectivity index (χ0v) is 17.6. The largest absolute Gasteiger partial charge is 0.508 e. The molecule has 3 aromatic carbocycles. The van der Waals surface area contributed by atoms with Gasteiger partial charge in [0.2, 0.25) is 0 Å². The average molecular weight is 418 g/mol. The van der Waals surface area contributed by atoms with Crippen molar-refractivity contribution < 1.29 is 19.7 Å². The number of rotatable bonds is 8. The van der Waals surface area contributed by atoms with E-state index in [1.54, 1.807) is 60.7 Å². The first-order valence-corrected chi connectivity index (χ1v) is 9.91. The van der Waals surface area contributed by atoms with Crippen LogP contribution in [0.2, 0.25) is 0 Å². The number of hydrogen-bond acceptors (Lipinski definition) is 5. The van der Waals surface area contributed by atoms with E-state index in [-0.39, 0.29) is 17.1 Å². The lowest BCUT2D eigenvalue weighted by Crippen LogP contribution is -2.19. The first-order chi connectivity index (χ1) is 14.9. The lowest BCUT2D eigenvalue weighted by molar-refractivity contribution is -0.111. The van der Waals surface area contributed by atoms with E-state index in [0.717, 1.165) is 6.54 Å². The van der Waals surface area contributed by atoms with Crippen molar-refractivity contribution in [1.82, 2.24) is 4.90 Å². The fourth-order valence-electron chi connectivity index (χ4n) is 2.92. The minimum Gasteiger partial charge on any atom is -0.508 e. The maximum absolute atomic E-state index is 13.1. The number of phenolic OH excluding ortho intramolecular Hbond substituents is 1. The molecular formula is C25H26N2O4. The predicted molar refractivity (Wildman–Crippen MR) is 123 cm³/mol. The molecule has 0 spiro atoms. The number of anilines is 1. The predicted octanol–water partition coefficient (Wildman–Crippen LogP) is 4.40. The Balaban J connectivity index is 1.83. The van der Waals surface area contributed by atoms with E-state index in [9.17, 15) is 15.0 Å². The van der Waals surface area contributed by atoms with Gasteiger partial charge < -0.3 is 25.2 Å². The number of benzene rings is 3. The Bertz CT molecular complexity index is 1030. The number of aromatic hydroxyl groups is 1. The highest BCUT2D eigenvalue weighted by Crippen LogP contribution is 2.27. The highest BCUT2D eigenvalue weighted by atomic mass is 16.5. The van der Waals surface area contributed by atoms with E-state index in [4.69, 9.17) is 4.74 Å². The summed E-state index contributed by atoms with van der Waals surface area (Å²) in [5.41, 5.74) is 1.69. The van der Waals surface area contributed by atoms with Gasteiger partial charge in [-0.2, -0.15) is 0 Å². The molecule has 0 unspecified atom stereocenters. The highest BCUT2D eigenvalue weighted by molar-refractivity contribution is 6.30. The third-order valence-corrected chi connectivity index (χ3v) is 4.59. The van der Waals surface area contributed by atoms with Crippen molar-refractivity contribution in [3.63, 3.8) is 0 Å². The van der Waals surface area contributed by atoms with Crippen LogP contribution in [0.3, 0.4) is 0 Å². The van der Waals surface area contributed by atoms with Gasteiger partial charge in [0.1, 0.15) is 23.9 Å². The van der Waals surface area contributed by atoms with E-state index in [2.05, 4.69) is 5.32 Å². The smallest absolute Gasteiger partial charge is 0.260 e. The van der Waals surface area contributed by atoms with Gasteiger partial charge in [-0.05, 0) is 56.1 Å². The number of phenols is 1. The van der Waals surface area contributed by atoms with Crippen molar-refractivity contribution >= 4 is 22.9 Å². The van der Waals surface area contributed by atoms with Crippen LogP contribution in [0, 0.1) is 0 Å². The summed E-state index contributed by atoms with van der Waals surface area (Å²) in [4.78, 5) is 15.1. The molecule has 3 rings (SSSR count). The van der Waals surface area contributed by atoms with Crippen LogP contribution in [0.5, 0.6) is 11.5 Å². The number of hydrogen-bond donors (Lipinski definition) is 3. The van der Waals surface area contributed by atoms with Crippen LogP contribution in [-0.2, 0) is 4.79 Å². The Morgan fingerprint density at radius 3 is 2.16 bits per heavy atom. The van der Waals surface area contributed by atoms with Gasteiger partial charge in [0.15, 0.2) is 0 Å². The number of nitrogens with zero attached hydrogens (tertiary/aromatic N) is 1. The number of ether oxygens (including phenoxy) is 1. The fourth-order valence-corrected chi connectivity index (χ4v) is 2.92. The Labute approximate surface area is 182 Å². The molecule has 160 valence electrons. The van der Waals surface area contributed by atoms with Crippen LogP contribution < -0.4 is 10.1 Å². The molecule has 0 saturated heterocycles. The monoisotopic (exact) mass is 418 g/mol. The molecule has 3 aromatic rings. The topological polar surface area (TPSA) is 82.0 Å². The molecule has 6 heteroatoms. The molecule has 0 aliphatic heterocycles. The third-order valence-electron chi connectivity index (χ3n) is 4.59. The van der Waals surface area contributed by atoms with E-state index < -0.39 is 5.91 Å². The Hall–Kier alpha value is -3.77. The molecule has 0 aliphatic carbocycles. The third kappa shape index (κ3) is 6.10. The van der Waals surface area contributed by atoms with Gasteiger partial charge in [-0.1, -0.05) is 42.5 Å². The second kappa shape index (κ2) is 10.3. The summed E-state index contributed by atoms with van der Waals surface area (Å²) >= 11 is 0. The number of nitrogens with one attached hydrogen (secondary N) is 1. The summed E-state index contributed by atoms with van der Waals surface area (Å²) in [5.74, 6) is 0.176. The van der Waals surface area contributed by atoms with Crippen LogP contribution in [-0.4, -0.2) is 48.3 Å². The first-order valence-electron chi connectivity index (χ1n) is 9.91. The molecular weight excluding hydrogens is 392 g/mol. The molecule has 0 aromatic heterocycles. The van der Waals surface area contributed by atoms with Gasteiger partial charge in [-0.15, -0.1) is 0 Å². The number of likely N-dealkylation sites (N-methyl/N-ethyl adjacent to an activating group) is 1. The second-order valence-electron chi connectivity index (χ2n) is 7.27. The molecule has 1 amide bonds. The van der Waals surface area contributed by atoms with E-state index in [0.29, 0.717) is 29.2 Å². The molecule has 0 atom stereocenters. The molecule has 0 bridgehead atoms. The average Bonchev–Trinajstić information content (AvgIpc) is 2.77. The molecule has 0 heterocycles. The van der Waals surface area contributed by atoms with Crippen LogP contribution in [0.25, 0.3) is 11.3 Å². The summed E-state index contributed by atoms with van der Waals surface area (Å²) in [6.45, 7) is 1.37. The second-order valence-corrected chi connectivity index (χ2v) is 7.27. The van der Waals surface area contributed by atoms with Crippen molar-refractivity contribution in [2.75, 3.05) is 32.6 Å². The molecule has 0 radical (unpaired) electrons. The summed E-state index contributed by atoms with van der Waals surface area (Å²) < 4.78 is 5.67. The lowest BCUT2D eigenvalue weighted by atomic mass is 10.00. The Morgan fingerprint density at radius 1 is 0.903 bits per heavy atom. The van der Waals surface area contributed by atoms with Crippen molar-refractivity contribution in [3.05, 3.63) is 90.0 Å². The zero-order valence-electron chi connectivity index (χ0n) is 17.6. The van der Waals surface area contributed by atoms with Crippen LogP contribution in [0.15, 0.2) is 78.9 Å². The minimum atomic E-state index is -0.465. The minimum absolute atomic E-state index is 0.0764. The normalized spacial score (nSPS) is 11.7. The van der Waals surface area contributed by atoms with Gasteiger partial charge in [-0.3, -0.25) is 4.79 Å². The SMILES string of the molecule is CN(C)CCOc1ccc(NC(=O)C(=C(O)c2ccccc2)c2ccc(O)cc2)cc1. The maximum Gasteiger partial charge on any atom is 0.260 e. The molecule has 0 aliphatic rings. The number of amides is 1. The van der Waals surface area contributed by atoms with Gasteiger partial charge in [0, 0.05) is 17.8 Å². The first kappa shape index (κ1) is 21.9. The summed E-state index contributed by atoms with van der Waals surface area (Å²) in [6, 6.07) is 22.0. The van der Waals surface area contributed by atoms with Crippen molar-refractivity contribution in [1.29, 1.82) is 0 Å². The van der Waals surface area contributed by atoms with Crippen molar-refractivity contribution in [2.45, 2.75) is 0 Å². The Kier molecular flexibility index (Phi) is 7.30. The zero-order chi connectivity index (χ0) is 22.2. The van der Waals surface area contributed by atoms with Crippen LogP contribution in [0.1, 0.15) is 11.1 Å². The van der Waals surface area contributed by atoms with Gasteiger partial charge >= 0.3 is 0 Å². The summed E-state index contributed by atoms with van der Waals surface area (Å²) in [6.07, 6.45) is 0. The molecule has 3 N–H and O–H groups in total. The number of aliphatic hydroxyl groups is 1. The van der Waals surface area contributed by atoms with Gasteiger partial charge in [0.25, 0.3) is 5.91 Å². The number of carbonyl (C=O) groups is 1. The summed E-state index contributed by atoms with van der Waals surface area (Å²) in [7, 11) is 3.96. The molecule has 0 fully saturated rings. The van der Waals surface area contributed by atoms with Crippen LogP contribution >= 0.6 is 0 Å². The van der Waals surface area contributed by atoms with E-state index >= 15 is 0 Å². The standard InChI is InChI=1S/C25H26N2O4/c1-27(2)16-17-31-22-14-10-20(11-15-22)26-25(30)23(18-8-12-21(28)13-9-18)24(29)19-6-4-3-5-7-19/h3-15,28-29H,16-17H2,1-2H3,(H,26,30). The molecule has 6 nitrogen and oxygen atoms in total. The van der Waals surface area contributed by atoms with Crippen molar-refractivity contribution in [3.8, 4) is 11.5 Å². The van der Waals surface area contributed by atoms with Gasteiger partial charge in [0.05, 0.1) is 5.57 Å². The van der Waals surface area contributed by atoms with E-state index in [1.807, 2.05) is 25.1 Å². The molecule has 31 heavy (non-hydrogen) atoms. The van der Waals surface area contributed by atoms with E-state index in [1.165, 1.54) is 12.1 Å². The molecule has 0 saturated carbocycles. The van der Waals surface area contributed by atoms with Gasteiger partial charge in [-0.25, -0.2) is 0 Å². The Morgan fingerprint density at radius 2 is 1.55 bits per heavy atom. The quantitative estimate of drug-likeness (QED) is 0.287. The van der Waals surface area contributed by atoms with Crippen LogP contribution in [0.4, 0.5) is 5.69 Å². The fraction of sp³-hybridized carbons (Fsp3) is 0.160. The number of carbonyl (C=O) groups excluding carboxylic acids is 1. The van der Waals surface area contributed by atoms with Crippen molar-refractivity contribution in [2.24, 2.45) is 0 Å². The number of aliphatic hydroxyl groups excluding tert-OH is 1. The highest BCUT2D eigenvalue weighted by Gasteiger charge is 2.19. The lowest BCUT2D eigenvalue weighted by Gasteiger charge is -2.14. The maximum atomic E-state index is 13.1. The summed E-state index contributed by atoms with van der Waals surface area (Å²) in [5, 5.41) is 23.3.